The Morgan fingerprint density at radius 2 is 2.25 bits per heavy atom. The molecule has 0 aromatic rings. The Balaban J connectivity index is 3.32. The van der Waals surface area contributed by atoms with Gasteiger partial charge in [0.05, 0.1) is 12.5 Å². The fourth-order valence-corrected chi connectivity index (χ4v) is 1.00. The number of hydrogen-bond donors (Lipinski definition) is 3. The molecule has 0 aromatic carbocycles. The minimum absolute atomic E-state index is 0.111. The van der Waals surface area contributed by atoms with Crippen molar-refractivity contribution in [2.24, 2.45) is 5.84 Å². The molecule has 1 amide bonds. The predicted molar refractivity (Wildman–Crippen MR) is 47.1 cm³/mol. The standard InChI is InChI=1S/C8H18N2O2/c1-2-3-4-5-7(11)6-8(12)10-9/h7,11H,2-6,9H2,1H3,(H,10,12)/t7-/m1/s1. The van der Waals surface area contributed by atoms with Gasteiger partial charge in [-0.3, -0.25) is 10.2 Å². The first-order valence-corrected chi connectivity index (χ1v) is 4.38. The van der Waals surface area contributed by atoms with E-state index in [1.807, 2.05) is 5.43 Å². The Bertz CT molecular complexity index is 128. The molecular formula is C8H18N2O2. The number of carbonyl (C=O) groups is 1. The molecule has 12 heavy (non-hydrogen) atoms. The zero-order valence-corrected chi connectivity index (χ0v) is 7.55. The largest absolute Gasteiger partial charge is 0.393 e. The first kappa shape index (κ1) is 11.4. The molecule has 0 bridgehead atoms. The van der Waals surface area contributed by atoms with Gasteiger partial charge in [-0.15, -0.1) is 0 Å². The topological polar surface area (TPSA) is 75.3 Å². The first-order valence-electron chi connectivity index (χ1n) is 4.38. The summed E-state index contributed by atoms with van der Waals surface area (Å²) in [6.45, 7) is 2.10. The first-order chi connectivity index (χ1) is 5.70. The van der Waals surface area contributed by atoms with Crippen molar-refractivity contribution in [1.82, 2.24) is 5.43 Å². The second-order valence-corrected chi connectivity index (χ2v) is 2.92. The molecule has 0 fully saturated rings. The average Bonchev–Trinajstić information content (AvgIpc) is 2.05. The molecule has 0 aliphatic rings. The van der Waals surface area contributed by atoms with Crippen LogP contribution >= 0.6 is 0 Å². The van der Waals surface area contributed by atoms with Gasteiger partial charge < -0.3 is 5.11 Å². The monoisotopic (exact) mass is 174 g/mol. The van der Waals surface area contributed by atoms with E-state index in [4.69, 9.17) is 5.84 Å². The van der Waals surface area contributed by atoms with E-state index < -0.39 is 6.10 Å². The van der Waals surface area contributed by atoms with Crippen LogP contribution in [0.25, 0.3) is 0 Å². The highest BCUT2D eigenvalue weighted by atomic mass is 16.3. The number of nitrogens with one attached hydrogen (secondary N) is 1. The fourth-order valence-electron chi connectivity index (χ4n) is 1.00. The number of hydrogen-bond acceptors (Lipinski definition) is 3. The summed E-state index contributed by atoms with van der Waals surface area (Å²) in [5.74, 6) is 4.56. The normalized spacial score (nSPS) is 12.6. The molecule has 0 unspecified atom stereocenters. The number of carbonyl (C=O) groups excluding carboxylic acids is 1. The van der Waals surface area contributed by atoms with Gasteiger partial charge in [0.25, 0.3) is 0 Å². The van der Waals surface area contributed by atoms with Crippen molar-refractivity contribution in [2.75, 3.05) is 0 Å². The Hall–Kier alpha value is -0.610. The Morgan fingerprint density at radius 1 is 1.58 bits per heavy atom. The summed E-state index contributed by atoms with van der Waals surface area (Å²) < 4.78 is 0. The lowest BCUT2D eigenvalue weighted by molar-refractivity contribution is -0.123. The number of amides is 1. The highest BCUT2D eigenvalue weighted by Crippen LogP contribution is 2.05. The molecule has 4 N–H and O–H groups in total. The SMILES string of the molecule is CCCCC[C@@H](O)CC(=O)NN. The van der Waals surface area contributed by atoms with E-state index >= 15 is 0 Å². The third-order valence-corrected chi connectivity index (χ3v) is 1.72. The number of hydrazine groups is 1. The van der Waals surface area contributed by atoms with Crippen LogP contribution in [0.1, 0.15) is 39.0 Å². The number of aliphatic hydroxyl groups excluding tert-OH is 1. The minimum Gasteiger partial charge on any atom is -0.393 e. The summed E-state index contributed by atoms with van der Waals surface area (Å²) >= 11 is 0. The lowest BCUT2D eigenvalue weighted by Gasteiger charge is -2.07. The van der Waals surface area contributed by atoms with E-state index in [1.165, 1.54) is 0 Å². The number of rotatable bonds is 6. The maximum Gasteiger partial charge on any atom is 0.236 e. The maximum absolute atomic E-state index is 10.7. The molecule has 0 aliphatic heterocycles. The van der Waals surface area contributed by atoms with Gasteiger partial charge in [0.1, 0.15) is 0 Å². The highest BCUT2D eigenvalue weighted by Gasteiger charge is 2.08. The molecule has 0 aliphatic carbocycles. The number of nitrogens with two attached hydrogens (primary N) is 1. The molecule has 72 valence electrons. The van der Waals surface area contributed by atoms with Crippen molar-refractivity contribution in [1.29, 1.82) is 0 Å². The number of aliphatic hydroxyl groups is 1. The maximum atomic E-state index is 10.7. The van der Waals surface area contributed by atoms with Crippen molar-refractivity contribution >= 4 is 5.91 Å². The molecular weight excluding hydrogens is 156 g/mol. The average molecular weight is 174 g/mol. The molecule has 0 aromatic heterocycles. The third-order valence-electron chi connectivity index (χ3n) is 1.72. The summed E-state index contributed by atoms with van der Waals surface area (Å²) in [5, 5.41) is 9.26. The van der Waals surface area contributed by atoms with Gasteiger partial charge in [0.2, 0.25) is 5.91 Å². The Kier molecular flexibility index (Phi) is 6.70. The van der Waals surface area contributed by atoms with Gasteiger partial charge in [-0.2, -0.15) is 0 Å². The smallest absolute Gasteiger partial charge is 0.236 e. The summed E-state index contributed by atoms with van der Waals surface area (Å²) in [6.07, 6.45) is 3.44. The molecule has 0 spiro atoms. The lowest BCUT2D eigenvalue weighted by Crippen LogP contribution is -2.32. The highest BCUT2D eigenvalue weighted by molar-refractivity contribution is 5.75. The van der Waals surface area contributed by atoms with Crippen molar-refractivity contribution in [3.05, 3.63) is 0 Å². The molecule has 1 atom stereocenters. The summed E-state index contributed by atoms with van der Waals surface area (Å²) in [7, 11) is 0. The van der Waals surface area contributed by atoms with Crippen LogP contribution in [0, 0.1) is 0 Å². The summed E-state index contributed by atoms with van der Waals surface area (Å²) in [5.41, 5.74) is 1.99. The van der Waals surface area contributed by atoms with Gasteiger partial charge in [-0.1, -0.05) is 26.2 Å². The van der Waals surface area contributed by atoms with Gasteiger partial charge in [0.15, 0.2) is 0 Å². The van der Waals surface area contributed by atoms with Gasteiger partial charge in [0, 0.05) is 0 Å². The summed E-state index contributed by atoms with van der Waals surface area (Å²) in [4.78, 5) is 10.7. The second-order valence-electron chi connectivity index (χ2n) is 2.92. The fraction of sp³-hybridized carbons (Fsp3) is 0.875. The lowest BCUT2D eigenvalue weighted by atomic mass is 10.1. The molecule has 0 saturated carbocycles. The van der Waals surface area contributed by atoms with Crippen LogP contribution in [0.3, 0.4) is 0 Å². The molecule has 0 rings (SSSR count). The Labute approximate surface area is 73.1 Å². The predicted octanol–water partition coefficient (Wildman–Crippen LogP) is 0.308. The van der Waals surface area contributed by atoms with Crippen LogP contribution in [0.5, 0.6) is 0 Å². The van der Waals surface area contributed by atoms with Crippen molar-refractivity contribution in [3.63, 3.8) is 0 Å². The van der Waals surface area contributed by atoms with E-state index in [0.717, 1.165) is 19.3 Å². The quantitative estimate of drug-likeness (QED) is 0.235. The minimum atomic E-state index is -0.542. The van der Waals surface area contributed by atoms with Crippen LogP contribution in [-0.4, -0.2) is 17.1 Å². The zero-order chi connectivity index (χ0) is 9.40. The van der Waals surface area contributed by atoms with Crippen LogP contribution in [-0.2, 0) is 4.79 Å². The molecule has 4 nitrogen and oxygen atoms in total. The Morgan fingerprint density at radius 3 is 2.75 bits per heavy atom. The van der Waals surface area contributed by atoms with Gasteiger partial charge in [-0.25, -0.2) is 5.84 Å². The van der Waals surface area contributed by atoms with E-state index in [9.17, 15) is 9.90 Å². The zero-order valence-electron chi connectivity index (χ0n) is 7.55. The second kappa shape index (κ2) is 7.06. The van der Waals surface area contributed by atoms with Crippen molar-refractivity contribution < 1.29 is 9.90 Å². The van der Waals surface area contributed by atoms with Crippen molar-refractivity contribution in [3.8, 4) is 0 Å². The van der Waals surface area contributed by atoms with Crippen LogP contribution < -0.4 is 11.3 Å². The molecule has 0 radical (unpaired) electrons. The third kappa shape index (κ3) is 6.12. The van der Waals surface area contributed by atoms with E-state index in [1.54, 1.807) is 0 Å². The number of unbranched alkanes of at least 4 members (excludes halogenated alkanes) is 2. The molecule has 4 heteroatoms. The van der Waals surface area contributed by atoms with Crippen LogP contribution in [0.15, 0.2) is 0 Å². The van der Waals surface area contributed by atoms with Crippen LogP contribution in [0.2, 0.25) is 0 Å². The summed E-state index contributed by atoms with van der Waals surface area (Å²) in [6, 6.07) is 0. The van der Waals surface area contributed by atoms with E-state index in [2.05, 4.69) is 6.92 Å². The van der Waals surface area contributed by atoms with Crippen LogP contribution in [0.4, 0.5) is 0 Å². The molecule has 0 saturated heterocycles. The molecule has 0 heterocycles. The van der Waals surface area contributed by atoms with Gasteiger partial charge in [-0.05, 0) is 6.42 Å². The van der Waals surface area contributed by atoms with E-state index in [-0.39, 0.29) is 12.3 Å². The van der Waals surface area contributed by atoms with E-state index in [0.29, 0.717) is 6.42 Å². The van der Waals surface area contributed by atoms with Crippen molar-refractivity contribution in [2.45, 2.75) is 45.1 Å². The van der Waals surface area contributed by atoms with Gasteiger partial charge >= 0.3 is 0 Å².